The number of hydrogen-bond donors (Lipinski definition) is 1. The van der Waals surface area contributed by atoms with Crippen LogP contribution in [0.1, 0.15) is 20.8 Å². The summed E-state index contributed by atoms with van der Waals surface area (Å²) in [7, 11) is 0. The third-order valence-corrected chi connectivity index (χ3v) is 2.93. The Kier molecular flexibility index (Phi) is 6.45. The fourth-order valence-electron chi connectivity index (χ4n) is 1.92. The van der Waals surface area contributed by atoms with E-state index in [0.29, 0.717) is 5.92 Å². The van der Waals surface area contributed by atoms with Crippen molar-refractivity contribution in [3.63, 3.8) is 0 Å². The minimum absolute atomic E-state index is 0.440. The fraction of sp³-hybridized carbons (Fsp3) is 0.222. The number of rotatable bonds is 2. The molecule has 0 amide bonds. The first-order valence-electron chi connectivity index (χ1n) is 6.66. The molecule has 1 atom stereocenters. The zero-order valence-electron chi connectivity index (χ0n) is 12.1. The molecule has 0 spiro atoms. The number of nitrogens with one attached hydrogen (secondary N) is 1. The van der Waals surface area contributed by atoms with E-state index < -0.39 is 0 Å². The maximum Gasteiger partial charge on any atom is 0.0381 e. The molecule has 0 heterocycles. The van der Waals surface area contributed by atoms with Gasteiger partial charge in [-0.1, -0.05) is 49.4 Å². The molecule has 1 aromatic rings. The van der Waals surface area contributed by atoms with Gasteiger partial charge in [-0.3, -0.25) is 0 Å². The molecule has 2 rings (SSSR count). The Morgan fingerprint density at radius 1 is 1.16 bits per heavy atom. The van der Waals surface area contributed by atoms with Gasteiger partial charge in [-0.15, -0.1) is 6.58 Å². The van der Waals surface area contributed by atoms with E-state index in [1.807, 2.05) is 25.1 Å². The topological polar surface area (TPSA) is 12.0 Å². The van der Waals surface area contributed by atoms with Gasteiger partial charge in [0.1, 0.15) is 0 Å². The highest BCUT2D eigenvalue weighted by Gasteiger charge is 2.13. The van der Waals surface area contributed by atoms with Gasteiger partial charge in [0.15, 0.2) is 0 Å². The number of benzene rings is 1. The maximum atomic E-state index is 3.46. The molecule has 0 saturated carbocycles. The van der Waals surface area contributed by atoms with Gasteiger partial charge in [0, 0.05) is 17.3 Å². The standard InChI is InChI=1S/C15H17N.C3H6/c1-3-13-8-7-11-15(12(13)2)16-14-9-5-4-6-10-14;1-3-2/h3-12,16H,1-2H3;3H,1H2,2H3/b13-3-;. The highest BCUT2D eigenvalue weighted by atomic mass is 14.9. The normalized spacial score (nSPS) is 19.2. The molecule has 1 aromatic carbocycles. The molecule has 0 radical (unpaired) electrons. The molecule has 0 saturated heterocycles. The van der Waals surface area contributed by atoms with Crippen LogP contribution in [0, 0.1) is 5.92 Å². The van der Waals surface area contributed by atoms with Crippen molar-refractivity contribution < 1.29 is 0 Å². The van der Waals surface area contributed by atoms with Crippen LogP contribution in [0.25, 0.3) is 0 Å². The smallest absolute Gasteiger partial charge is 0.0381 e. The summed E-state index contributed by atoms with van der Waals surface area (Å²) in [6.07, 6.45) is 10.3. The van der Waals surface area contributed by atoms with Gasteiger partial charge in [-0.2, -0.15) is 0 Å². The Hall–Kier alpha value is -2.02. The summed E-state index contributed by atoms with van der Waals surface area (Å²) in [4.78, 5) is 0. The van der Waals surface area contributed by atoms with E-state index in [1.165, 1.54) is 11.3 Å². The van der Waals surface area contributed by atoms with Crippen LogP contribution in [0.3, 0.4) is 0 Å². The van der Waals surface area contributed by atoms with E-state index in [-0.39, 0.29) is 0 Å². The van der Waals surface area contributed by atoms with Gasteiger partial charge < -0.3 is 5.32 Å². The van der Waals surface area contributed by atoms with E-state index in [4.69, 9.17) is 0 Å². The summed E-state index contributed by atoms with van der Waals surface area (Å²) in [5, 5.41) is 3.46. The van der Waals surface area contributed by atoms with Gasteiger partial charge in [0.05, 0.1) is 0 Å². The Labute approximate surface area is 117 Å². The largest absolute Gasteiger partial charge is 0.358 e. The van der Waals surface area contributed by atoms with Crippen molar-refractivity contribution in [2.24, 2.45) is 5.92 Å². The summed E-state index contributed by atoms with van der Waals surface area (Å²) < 4.78 is 0. The van der Waals surface area contributed by atoms with E-state index >= 15 is 0 Å². The van der Waals surface area contributed by atoms with E-state index in [2.05, 4.69) is 62.2 Å². The van der Waals surface area contributed by atoms with E-state index in [1.54, 1.807) is 6.08 Å². The second-order valence-corrected chi connectivity index (χ2v) is 4.39. The molecule has 0 bridgehead atoms. The first-order chi connectivity index (χ1) is 9.22. The average Bonchev–Trinajstić information content (AvgIpc) is 2.43. The predicted octanol–water partition coefficient (Wildman–Crippen LogP) is 5.33. The number of para-hydroxylation sites is 1. The zero-order chi connectivity index (χ0) is 14.1. The molecular weight excluding hydrogens is 230 g/mol. The van der Waals surface area contributed by atoms with Gasteiger partial charge in [0.2, 0.25) is 0 Å². The molecule has 0 fully saturated rings. The maximum absolute atomic E-state index is 3.46. The number of anilines is 1. The molecule has 100 valence electrons. The minimum Gasteiger partial charge on any atom is -0.358 e. The van der Waals surface area contributed by atoms with Crippen molar-refractivity contribution in [3.8, 4) is 0 Å². The van der Waals surface area contributed by atoms with Crippen LogP contribution in [-0.4, -0.2) is 0 Å². The van der Waals surface area contributed by atoms with Crippen LogP contribution in [0.2, 0.25) is 0 Å². The van der Waals surface area contributed by atoms with Gasteiger partial charge in [-0.05, 0) is 37.6 Å². The second-order valence-electron chi connectivity index (χ2n) is 4.39. The second kappa shape index (κ2) is 8.15. The molecule has 1 aliphatic rings. The third-order valence-electron chi connectivity index (χ3n) is 2.93. The Bertz CT molecular complexity index is 478. The van der Waals surface area contributed by atoms with Crippen LogP contribution < -0.4 is 5.32 Å². The van der Waals surface area contributed by atoms with Crippen molar-refractivity contribution in [3.05, 3.63) is 78.6 Å². The summed E-state index contributed by atoms with van der Waals surface area (Å²) in [5.74, 6) is 0.440. The van der Waals surface area contributed by atoms with Crippen molar-refractivity contribution in [2.45, 2.75) is 20.8 Å². The lowest BCUT2D eigenvalue weighted by Crippen LogP contribution is -2.12. The highest BCUT2D eigenvalue weighted by molar-refractivity contribution is 5.52. The molecule has 0 aliphatic heterocycles. The first-order valence-corrected chi connectivity index (χ1v) is 6.66. The average molecular weight is 253 g/mol. The van der Waals surface area contributed by atoms with Crippen LogP contribution in [0.15, 0.2) is 78.6 Å². The van der Waals surface area contributed by atoms with Crippen LogP contribution in [-0.2, 0) is 0 Å². The number of allylic oxidation sites excluding steroid dienone is 6. The summed E-state index contributed by atoms with van der Waals surface area (Å²) >= 11 is 0. The van der Waals surface area contributed by atoms with Gasteiger partial charge >= 0.3 is 0 Å². The van der Waals surface area contributed by atoms with Crippen LogP contribution in [0.4, 0.5) is 5.69 Å². The SMILES string of the molecule is C/C=C1/C=CC=C(Nc2ccccc2)C1C.C=CC. The molecule has 1 nitrogen and oxygen atoms in total. The van der Waals surface area contributed by atoms with Crippen molar-refractivity contribution in [1.29, 1.82) is 0 Å². The third kappa shape index (κ3) is 4.63. The van der Waals surface area contributed by atoms with Crippen LogP contribution in [0.5, 0.6) is 0 Å². The molecule has 0 aromatic heterocycles. The molecule has 1 unspecified atom stereocenters. The molecule has 19 heavy (non-hydrogen) atoms. The van der Waals surface area contributed by atoms with Crippen molar-refractivity contribution in [2.75, 3.05) is 5.32 Å². The zero-order valence-corrected chi connectivity index (χ0v) is 12.1. The Balaban J connectivity index is 0.000000550. The van der Waals surface area contributed by atoms with Crippen molar-refractivity contribution >= 4 is 5.69 Å². The van der Waals surface area contributed by atoms with Gasteiger partial charge in [-0.25, -0.2) is 0 Å². The molecular formula is C18H23N. The van der Waals surface area contributed by atoms with Gasteiger partial charge in [0.25, 0.3) is 0 Å². The monoisotopic (exact) mass is 253 g/mol. The lowest BCUT2D eigenvalue weighted by molar-refractivity contribution is 0.818. The van der Waals surface area contributed by atoms with Crippen LogP contribution >= 0.6 is 0 Å². The molecule has 1 heteroatoms. The lowest BCUT2D eigenvalue weighted by atomic mass is 9.92. The minimum atomic E-state index is 0.440. The fourth-order valence-corrected chi connectivity index (χ4v) is 1.92. The summed E-state index contributed by atoms with van der Waals surface area (Å²) in [6.45, 7) is 9.56. The predicted molar refractivity (Wildman–Crippen MR) is 86.1 cm³/mol. The Morgan fingerprint density at radius 3 is 2.37 bits per heavy atom. The van der Waals surface area contributed by atoms with E-state index in [0.717, 1.165) is 5.69 Å². The van der Waals surface area contributed by atoms with E-state index in [9.17, 15) is 0 Å². The van der Waals surface area contributed by atoms with Crippen molar-refractivity contribution in [1.82, 2.24) is 0 Å². The highest BCUT2D eigenvalue weighted by Crippen LogP contribution is 2.26. The molecule has 1 N–H and O–H groups in total. The quantitative estimate of drug-likeness (QED) is 0.703. The first kappa shape index (κ1) is 15.0. The number of hydrogen-bond acceptors (Lipinski definition) is 1. The molecule has 1 aliphatic carbocycles. The summed E-state index contributed by atoms with van der Waals surface area (Å²) in [6, 6.07) is 10.3. The Morgan fingerprint density at radius 2 is 1.79 bits per heavy atom. The lowest BCUT2D eigenvalue weighted by Gasteiger charge is -2.21. The summed E-state index contributed by atoms with van der Waals surface area (Å²) in [5.41, 5.74) is 3.76.